The van der Waals surface area contributed by atoms with Crippen molar-refractivity contribution in [3.05, 3.63) is 18.0 Å². The molecule has 7 heteroatoms. The van der Waals surface area contributed by atoms with Crippen LogP contribution < -0.4 is 10.2 Å². The van der Waals surface area contributed by atoms with Crippen molar-refractivity contribution in [3.63, 3.8) is 0 Å². The Bertz CT molecular complexity index is 728. The summed E-state index contributed by atoms with van der Waals surface area (Å²) in [6, 6.07) is 4.26. The molecule has 2 aromatic heterocycles. The molecule has 1 saturated carbocycles. The maximum absolute atomic E-state index is 12.3. The Labute approximate surface area is 141 Å². The van der Waals surface area contributed by atoms with Crippen molar-refractivity contribution in [2.45, 2.75) is 51.5 Å². The molecular formula is C17H24N6O. The average Bonchev–Trinajstić information content (AvgIpc) is 3.26. The van der Waals surface area contributed by atoms with Crippen molar-refractivity contribution in [3.8, 4) is 0 Å². The molecule has 0 radical (unpaired) electrons. The molecule has 1 aliphatic carbocycles. The van der Waals surface area contributed by atoms with Crippen molar-refractivity contribution in [1.29, 1.82) is 0 Å². The van der Waals surface area contributed by atoms with E-state index in [0.29, 0.717) is 6.04 Å². The Morgan fingerprint density at radius 1 is 1.12 bits per heavy atom. The minimum Gasteiger partial charge on any atom is -0.355 e. The molecule has 0 unspecified atom stereocenters. The van der Waals surface area contributed by atoms with E-state index in [1.807, 2.05) is 19.1 Å². The van der Waals surface area contributed by atoms with E-state index in [2.05, 4.69) is 25.5 Å². The molecule has 0 atom stereocenters. The van der Waals surface area contributed by atoms with E-state index in [9.17, 15) is 4.79 Å². The van der Waals surface area contributed by atoms with E-state index in [0.717, 1.165) is 56.1 Å². The summed E-state index contributed by atoms with van der Waals surface area (Å²) in [7, 11) is 0. The zero-order chi connectivity index (χ0) is 16.5. The number of amides is 1. The normalized spacial score (nSPS) is 20.0. The van der Waals surface area contributed by atoms with Crippen LogP contribution in [-0.2, 0) is 4.79 Å². The maximum Gasteiger partial charge on any atom is 0.223 e. The van der Waals surface area contributed by atoms with Crippen molar-refractivity contribution in [1.82, 2.24) is 25.1 Å². The molecule has 4 rings (SSSR count). The molecule has 7 nitrogen and oxygen atoms in total. The number of carbonyl (C=O) groups excluding carboxylic acids is 1. The van der Waals surface area contributed by atoms with Gasteiger partial charge in [-0.2, -0.15) is 4.52 Å². The topological polar surface area (TPSA) is 75.4 Å². The van der Waals surface area contributed by atoms with Gasteiger partial charge in [0.25, 0.3) is 0 Å². The zero-order valence-electron chi connectivity index (χ0n) is 14.1. The number of fused-ring (bicyclic) bond motifs is 1. The number of hydrogen-bond acceptors (Lipinski definition) is 5. The minimum absolute atomic E-state index is 0.254. The highest BCUT2D eigenvalue weighted by Crippen LogP contribution is 2.25. The van der Waals surface area contributed by atoms with E-state index in [-0.39, 0.29) is 11.8 Å². The van der Waals surface area contributed by atoms with Crippen LogP contribution in [0.5, 0.6) is 0 Å². The summed E-state index contributed by atoms with van der Waals surface area (Å²) in [5.41, 5.74) is 0.773. The Hall–Kier alpha value is -2.18. The van der Waals surface area contributed by atoms with Gasteiger partial charge in [0.15, 0.2) is 11.5 Å². The Kier molecular flexibility index (Phi) is 4.08. The summed E-state index contributed by atoms with van der Waals surface area (Å²) < 4.78 is 1.78. The maximum atomic E-state index is 12.3. The van der Waals surface area contributed by atoms with Gasteiger partial charge < -0.3 is 10.2 Å². The lowest BCUT2D eigenvalue weighted by Gasteiger charge is -2.33. The molecule has 2 aromatic rings. The molecule has 1 aliphatic heterocycles. The molecule has 128 valence electrons. The van der Waals surface area contributed by atoms with Gasteiger partial charge in [-0.15, -0.1) is 15.3 Å². The second-order valence-electron chi connectivity index (χ2n) is 6.96. The molecule has 1 amide bonds. The van der Waals surface area contributed by atoms with Gasteiger partial charge in [0.1, 0.15) is 5.82 Å². The van der Waals surface area contributed by atoms with Crippen LogP contribution in [0.3, 0.4) is 0 Å². The number of aromatic nitrogens is 4. The van der Waals surface area contributed by atoms with Gasteiger partial charge in [-0.1, -0.05) is 12.8 Å². The highest BCUT2D eigenvalue weighted by atomic mass is 16.1. The number of carbonyl (C=O) groups is 1. The molecule has 3 heterocycles. The number of nitrogens with zero attached hydrogens (tertiary/aromatic N) is 5. The van der Waals surface area contributed by atoms with Crippen molar-refractivity contribution >= 4 is 17.4 Å². The van der Waals surface area contributed by atoms with Crippen LogP contribution in [-0.4, -0.2) is 44.8 Å². The molecule has 1 saturated heterocycles. The molecule has 0 bridgehead atoms. The highest BCUT2D eigenvalue weighted by molar-refractivity contribution is 5.79. The van der Waals surface area contributed by atoms with Crippen LogP contribution in [0.25, 0.3) is 5.65 Å². The summed E-state index contributed by atoms with van der Waals surface area (Å²) in [4.78, 5) is 14.5. The predicted octanol–water partition coefficient (Wildman–Crippen LogP) is 1.71. The number of aryl methyl sites for hydroxylation is 1. The molecule has 1 N–H and O–H groups in total. The molecule has 2 fully saturated rings. The molecule has 2 aliphatic rings. The Balaban J connectivity index is 1.36. The molecular weight excluding hydrogens is 304 g/mol. The van der Waals surface area contributed by atoms with Gasteiger partial charge in [0.05, 0.1) is 0 Å². The minimum atomic E-state index is 0.254. The van der Waals surface area contributed by atoms with Gasteiger partial charge in [0.2, 0.25) is 5.91 Å². The van der Waals surface area contributed by atoms with E-state index < -0.39 is 0 Å². The van der Waals surface area contributed by atoms with Crippen LogP contribution >= 0.6 is 0 Å². The van der Waals surface area contributed by atoms with Gasteiger partial charge in [-0.25, -0.2) is 0 Å². The second kappa shape index (κ2) is 6.37. The standard InChI is InChI=1S/C17H24N6O/c1-12-19-20-15-6-7-16(21-23(12)15)22-10-8-14(9-11-22)18-17(24)13-4-2-3-5-13/h6-7,13-14H,2-5,8-11H2,1H3,(H,18,24). The first-order chi connectivity index (χ1) is 11.7. The fraction of sp³-hybridized carbons (Fsp3) is 0.647. The lowest BCUT2D eigenvalue weighted by Crippen LogP contribution is -2.46. The molecule has 0 spiro atoms. The average molecular weight is 328 g/mol. The predicted molar refractivity (Wildman–Crippen MR) is 90.9 cm³/mol. The van der Waals surface area contributed by atoms with Crippen molar-refractivity contribution in [2.24, 2.45) is 5.92 Å². The first-order valence-electron chi connectivity index (χ1n) is 8.95. The van der Waals surface area contributed by atoms with Crippen LogP contribution in [0.2, 0.25) is 0 Å². The smallest absolute Gasteiger partial charge is 0.223 e. The van der Waals surface area contributed by atoms with Crippen LogP contribution in [0.4, 0.5) is 5.82 Å². The fourth-order valence-electron chi connectivity index (χ4n) is 3.82. The first kappa shape index (κ1) is 15.4. The van der Waals surface area contributed by atoms with Gasteiger partial charge in [-0.05, 0) is 44.7 Å². The van der Waals surface area contributed by atoms with E-state index >= 15 is 0 Å². The van der Waals surface area contributed by atoms with Crippen LogP contribution in [0, 0.1) is 12.8 Å². The van der Waals surface area contributed by atoms with Crippen molar-refractivity contribution < 1.29 is 4.79 Å². The third-order valence-corrected chi connectivity index (χ3v) is 5.30. The number of rotatable bonds is 3. The number of nitrogens with one attached hydrogen (secondary N) is 1. The zero-order valence-corrected chi connectivity index (χ0v) is 14.1. The second-order valence-corrected chi connectivity index (χ2v) is 6.96. The van der Waals surface area contributed by atoms with Crippen LogP contribution in [0.1, 0.15) is 44.3 Å². The Morgan fingerprint density at radius 2 is 1.88 bits per heavy atom. The first-order valence-corrected chi connectivity index (χ1v) is 8.95. The largest absolute Gasteiger partial charge is 0.355 e. The van der Waals surface area contributed by atoms with Gasteiger partial charge in [-0.3, -0.25) is 4.79 Å². The summed E-state index contributed by atoms with van der Waals surface area (Å²) >= 11 is 0. The lowest BCUT2D eigenvalue weighted by atomic mass is 10.0. The van der Waals surface area contributed by atoms with E-state index in [1.54, 1.807) is 4.52 Å². The number of hydrogen-bond donors (Lipinski definition) is 1. The summed E-state index contributed by atoms with van der Waals surface area (Å²) in [6.07, 6.45) is 6.47. The molecule has 24 heavy (non-hydrogen) atoms. The summed E-state index contributed by atoms with van der Waals surface area (Å²) in [6.45, 7) is 3.73. The van der Waals surface area contributed by atoms with E-state index in [4.69, 9.17) is 0 Å². The summed E-state index contributed by atoms with van der Waals surface area (Å²) in [5.74, 6) is 2.27. The monoisotopic (exact) mass is 328 g/mol. The lowest BCUT2D eigenvalue weighted by molar-refractivity contribution is -0.125. The molecule has 0 aromatic carbocycles. The fourth-order valence-corrected chi connectivity index (χ4v) is 3.82. The van der Waals surface area contributed by atoms with Gasteiger partial charge in [0, 0.05) is 25.0 Å². The summed E-state index contributed by atoms with van der Waals surface area (Å²) in [5, 5.41) is 16.0. The van der Waals surface area contributed by atoms with Crippen molar-refractivity contribution in [2.75, 3.05) is 18.0 Å². The quantitative estimate of drug-likeness (QED) is 0.928. The number of anilines is 1. The van der Waals surface area contributed by atoms with Gasteiger partial charge >= 0.3 is 0 Å². The highest BCUT2D eigenvalue weighted by Gasteiger charge is 2.27. The SMILES string of the molecule is Cc1nnc2ccc(N3CCC(NC(=O)C4CCCC4)CC3)nn12. The van der Waals surface area contributed by atoms with E-state index in [1.165, 1.54) is 12.8 Å². The third-order valence-electron chi connectivity index (χ3n) is 5.30. The number of piperidine rings is 1. The Morgan fingerprint density at radius 3 is 2.62 bits per heavy atom. The third kappa shape index (κ3) is 2.95. The van der Waals surface area contributed by atoms with Crippen LogP contribution in [0.15, 0.2) is 12.1 Å².